The molecule has 0 amide bonds. The van der Waals surface area contributed by atoms with E-state index in [0.29, 0.717) is 19.1 Å². The van der Waals surface area contributed by atoms with Gasteiger partial charge in [-0.3, -0.25) is 0 Å². The van der Waals surface area contributed by atoms with Gasteiger partial charge in [-0.25, -0.2) is 4.79 Å². The summed E-state index contributed by atoms with van der Waals surface area (Å²) in [5, 5.41) is 9.66. The SMILES string of the molecule is C=CC[C@@H]1CCCC[C@@H]1N/C(=C(\C=N)C(=O)OCC)C(F)(F)F. The predicted molar refractivity (Wildman–Crippen MR) is 82.2 cm³/mol. The number of rotatable bonds is 7. The molecule has 1 saturated carbocycles. The molecule has 4 nitrogen and oxygen atoms in total. The fourth-order valence-electron chi connectivity index (χ4n) is 2.83. The number of hydrogen-bond donors (Lipinski definition) is 2. The zero-order valence-corrected chi connectivity index (χ0v) is 13.2. The Labute approximate surface area is 134 Å². The molecule has 1 aliphatic rings. The van der Waals surface area contributed by atoms with Gasteiger partial charge in [0.1, 0.15) is 11.3 Å². The molecule has 2 N–H and O–H groups in total. The van der Waals surface area contributed by atoms with Gasteiger partial charge in [0, 0.05) is 12.3 Å². The van der Waals surface area contributed by atoms with Crippen molar-refractivity contribution in [3.63, 3.8) is 0 Å². The van der Waals surface area contributed by atoms with Crippen molar-refractivity contribution in [3.8, 4) is 0 Å². The molecule has 1 rings (SSSR count). The van der Waals surface area contributed by atoms with Crippen LogP contribution in [0.3, 0.4) is 0 Å². The van der Waals surface area contributed by atoms with Crippen LogP contribution in [0.2, 0.25) is 0 Å². The Kier molecular flexibility index (Phi) is 7.32. The minimum atomic E-state index is -4.75. The van der Waals surface area contributed by atoms with E-state index in [2.05, 4.69) is 16.6 Å². The van der Waals surface area contributed by atoms with Gasteiger partial charge in [0.05, 0.1) is 6.61 Å². The first-order valence-electron chi connectivity index (χ1n) is 7.71. The van der Waals surface area contributed by atoms with Gasteiger partial charge in [-0.05, 0) is 32.1 Å². The van der Waals surface area contributed by atoms with Crippen LogP contribution in [-0.4, -0.2) is 31.0 Å². The lowest BCUT2D eigenvalue weighted by Crippen LogP contribution is -2.43. The van der Waals surface area contributed by atoms with Crippen LogP contribution in [0.4, 0.5) is 13.2 Å². The van der Waals surface area contributed by atoms with E-state index in [1.807, 2.05) is 0 Å². The Balaban J connectivity index is 3.12. The number of nitrogens with one attached hydrogen (secondary N) is 2. The number of ether oxygens (including phenoxy) is 1. The van der Waals surface area contributed by atoms with Crippen LogP contribution in [0.25, 0.3) is 0 Å². The molecule has 0 aromatic rings. The van der Waals surface area contributed by atoms with Crippen molar-refractivity contribution >= 4 is 12.2 Å². The highest BCUT2D eigenvalue weighted by Crippen LogP contribution is 2.32. The molecule has 0 spiro atoms. The standard InChI is InChI=1S/C16H23F3N2O2/c1-3-7-11-8-5-6-9-13(11)21-14(16(17,18)19)12(10-20)15(22)23-4-2/h3,10-11,13,20-21H,1,4-9H2,2H3/b14-12+,20-10?/t11-,13+/m1/s1. The van der Waals surface area contributed by atoms with Crippen LogP contribution >= 0.6 is 0 Å². The summed E-state index contributed by atoms with van der Waals surface area (Å²) >= 11 is 0. The van der Waals surface area contributed by atoms with Crippen LogP contribution in [-0.2, 0) is 9.53 Å². The molecule has 0 bridgehead atoms. The minimum absolute atomic E-state index is 0.0350. The monoisotopic (exact) mass is 332 g/mol. The van der Waals surface area contributed by atoms with E-state index in [9.17, 15) is 18.0 Å². The van der Waals surface area contributed by atoms with Crippen molar-refractivity contribution in [2.75, 3.05) is 6.61 Å². The van der Waals surface area contributed by atoms with Gasteiger partial charge in [-0.1, -0.05) is 18.9 Å². The summed E-state index contributed by atoms with van der Waals surface area (Å²) in [5.74, 6) is -1.11. The number of allylic oxidation sites excluding steroid dienone is 2. The lowest BCUT2D eigenvalue weighted by Gasteiger charge is -2.34. The largest absolute Gasteiger partial charge is 0.462 e. The highest BCUT2D eigenvalue weighted by molar-refractivity contribution is 6.09. The molecule has 0 radical (unpaired) electrons. The fourth-order valence-corrected chi connectivity index (χ4v) is 2.83. The summed E-state index contributed by atoms with van der Waals surface area (Å²) in [5.41, 5.74) is -1.98. The van der Waals surface area contributed by atoms with E-state index < -0.39 is 29.5 Å². The van der Waals surface area contributed by atoms with Gasteiger partial charge in [0.25, 0.3) is 0 Å². The molecule has 1 fully saturated rings. The van der Waals surface area contributed by atoms with E-state index in [0.717, 1.165) is 19.3 Å². The van der Waals surface area contributed by atoms with E-state index in [1.54, 1.807) is 6.08 Å². The maximum atomic E-state index is 13.4. The summed E-state index contributed by atoms with van der Waals surface area (Å²) in [6, 6.07) is -0.400. The third-order valence-corrected chi connectivity index (χ3v) is 3.90. The normalized spacial score (nSPS) is 22.8. The predicted octanol–water partition coefficient (Wildman–Crippen LogP) is 3.74. The summed E-state index contributed by atoms with van der Waals surface area (Å²) in [7, 11) is 0. The average molecular weight is 332 g/mol. The highest BCUT2D eigenvalue weighted by Gasteiger charge is 2.40. The molecule has 7 heteroatoms. The molecule has 0 unspecified atom stereocenters. The van der Waals surface area contributed by atoms with Crippen molar-refractivity contribution in [3.05, 3.63) is 23.9 Å². The molecule has 0 aromatic heterocycles. The molecule has 0 aliphatic heterocycles. The first-order valence-corrected chi connectivity index (χ1v) is 7.71. The molecular weight excluding hydrogens is 309 g/mol. The van der Waals surface area contributed by atoms with Crippen LogP contribution in [0.1, 0.15) is 39.0 Å². The second kappa shape index (κ2) is 8.74. The smallest absolute Gasteiger partial charge is 0.431 e. The van der Waals surface area contributed by atoms with Gasteiger partial charge in [0.2, 0.25) is 0 Å². The second-order valence-electron chi connectivity index (χ2n) is 5.47. The van der Waals surface area contributed by atoms with Gasteiger partial charge >= 0.3 is 12.1 Å². The van der Waals surface area contributed by atoms with Crippen molar-refractivity contribution in [1.29, 1.82) is 5.41 Å². The third-order valence-electron chi connectivity index (χ3n) is 3.90. The number of esters is 1. The van der Waals surface area contributed by atoms with E-state index in [4.69, 9.17) is 5.41 Å². The quantitative estimate of drug-likeness (QED) is 0.323. The van der Waals surface area contributed by atoms with Crippen LogP contribution in [0.15, 0.2) is 23.9 Å². The van der Waals surface area contributed by atoms with Crippen LogP contribution in [0, 0.1) is 11.3 Å². The van der Waals surface area contributed by atoms with Crippen molar-refractivity contribution in [2.45, 2.75) is 51.2 Å². The molecular formula is C16H23F3N2O2. The maximum Gasteiger partial charge on any atom is 0.431 e. The Morgan fingerprint density at radius 3 is 2.57 bits per heavy atom. The summed E-state index contributed by atoms with van der Waals surface area (Å²) in [6.07, 6.45) is 1.16. The van der Waals surface area contributed by atoms with Gasteiger partial charge in [-0.15, -0.1) is 6.58 Å². The molecule has 0 aromatic carbocycles. The molecule has 0 saturated heterocycles. The van der Waals surface area contributed by atoms with Gasteiger partial charge in [-0.2, -0.15) is 13.2 Å². The topological polar surface area (TPSA) is 62.2 Å². The Hall–Kier alpha value is -1.79. The van der Waals surface area contributed by atoms with Gasteiger partial charge < -0.3 is 15.5 Å². The van der Waals surface area contributed by atoms with E-state index >= 15 is 0 Å². The second-order valence-corrected chi connectivity index (χ2v) is 5.47. The fraction of sp³-hybridized carbons (Fsp3) is 0.625. The number of carbonyl (C=O) groups is 1. The van der Waals surface area contributed by atoms with Crippen LogP contribution in [0.5, 0.6) is 0 Å². The number of carbonyl (C=O) groups excluding carboxylic acids is 1. The Morgan fingerprint density at radius 2 is 2.04 bits per heavy atom. The summed E-state index contributed by atoms with van der Waals surface area (Å²) in [4.78, 5) is 11.7. The van der Waals surface area contributed by atoms with Crippen LogP contribution < -0.4 is 5.32 Å². The van der Waals surface area contributed by atoms with Crippen molar-refractivity contribution in [2.24, 2.45) is 5.92 Å². The lowest BCUT2D eigenvalue weighted by molar-refractivity contribution is -0.139. The Morgan fingerprint density at radius 1 is 1.39 bits per heavy atom. The molecule has 2 atom stereocenters. The first kappa shape index (κ1) is 19.3. The van der Waals surface area contributed by atoms with E-state index in [1.165, 1.54) is 6.92 Å². The molecule has 1 aliphatic carbocycles. The first-order chi connectivity index (χ1) is 10.8. The number of halogens is 3. The Bertz CT molecular complexity index is 472. The molecule has 23 heavy (non-hydrogen) atoms. The minimum Gasteiger partial charge on any atom is -0.462 e. The van der Waals surface area contributed by atoms with Gasteiger partial charge in [0.15, 0.2) is 0 Å². The highest BCUT2D eigenvalue weighted by atomic mass is 19.4. The lowest BCUT2D eigenvalue weighted by atomic mass is 9.82. The number of alkyl halides is 3. The summed E-state index contributed by atoms with van der Waals surface area (Å²) < 4.78 is 44.8. The zero-order valence-electron chi connectivity index (χ0n) is 13.2. The van der Waals surface area contributed by atoms with E-state index in [-0.39, 0.29) is 12.5 Å². The maximum absolute atomic E-state index is 13.4. The van der Waals surface area contributed by atoms with Crippen molar-refractivity contribution < 1.29 is 22.7 Å². The number of hydrogen-bond acceptors (Lipinski definition) is 4. The summed E-state index contributed by atoms with van der Waals surface area (Å²) in [6.45, 7) is 5.10. The molecule has 130 valence electrons. The zero-order chi connectivity index (χ0) is 17.5. The third kappa shape index (κ3) is 5.41. The van der Waals surface area contributed by atoms with Crippen molar-refractivity contribution in [1.82, 2.24) is 5.32 Å². The molecule has 0 heterocycles. The average Bonchev–Trinajstić information content (AvgIpc) is 2.48.